The Morgan fingerprint density at radius 1 is 1.42 bits per heavy atom. The summed E-state index contributed by atoms with van der Waals surface area (Å²) in [6.07, 6.45) is 11.1. The van der Waals surface area contributed by atoms with Crippen molar-refractivity contribution in [1.29, 1.82) is 0 Å². The molecule has 1 aliphatic rings. The topological polar surface area (TPSA) is 0 Å². The van der Waals surface area contributed by atoms with E-state index < -0.39 is 33.5 Å². The second-order valence-corrected chi connectivity index (χ2v) is 40.6. The molecule has 1 rings (SSSR count). The molecule has 0 bridgehead atoms. The quantitative estimate of drug-likeness (QED) is 0.394. The van der Waals surface area contributed by atoms with Crippen LogP contribution in [0.2, 0.25) is 26.5 Å². The molecule has 0 heterocycles. The molecule has 0 N–H and O–H groups in total. The van der Waals surface area contributed by atoms with Gasteiger partial charge in [-0.3, -0.25) is 0 Å². The Kier molecular flexibility index (Phi) is 6.58. The maximum absolute atomic E-state index is 6.54. The molecule has 0 saturated heterocycles. The van der Waals surface area contributed by atoms with E-state index in [4.69, 9.17) is 11.1 Å². The van der Waals surface area contributed by atoms with Crippen molar-refractivity contribution >= 4 is 25.1 Å². The average Bonchev–Trinajstić information content (AvgIpc) is 2.89. The van der Waals surface area contributed by atoms with Crippen LogP contribution >= 0.6 is 11.1 Å². The van der Waals surface area contributed by atoms with Gasteiger partial charge in [0.1, 0.15) is 0 Å². The van der Waals surface area contributed by atoms with E-state index in [2.05, 4.69) is 54.8 Å². The standard InChI is InChI=1S/C8H20ClSi2.C5H5.2CH3.Zr/c1-5-6-7-11(4)8(2,3)10-9;1-2-4-5-3-1;;;/h5-7,10H2,1-4H3;1-3H,4H2;2*1H3;. The Morgan fingerprint density at radius 2 is 2.05 bits per heavy atom. The molecule has 19 heavy (non-hydrogen) atoms. The molecule has 110 valence electrons. The molecule has 1 atom stereocenters. The second-order valence-electron chi connectivity index (χ2n) is 7.40. The molecule has 0 aromatic carbocycles. The third-order valence-electron chi connectivity index (χ3n) is 5.81. The van der Waals surface area contributed by atoms with Gasteiger partial charge >= 0.3 is 133 Å². The van der Waals surface area contributed by atoms with Crippen LogP contribution in [-0.4, -0.2) is 14.0 Å². The van der Waals surface area contributed by atoms with E-state index in [0.29, 0.717) is 4.66 Å². The predicted molar refractivity (Wildman–Crippen MR) is 93.3 cm³/mol. The first kappa shape index (κ1) is 18.1. The first-order valence-electron chi connectivity index (χ1n) is 7.65. The number of rotatable bonds is 7. The van der Waals surface area contributed by atoms with Crippen LogP contribution in [0.5, 0.6) is 0 Å². The SMILES string of the molecule is CCCC[Si](C)(C(C)(C)[SiH2]Cl)[Zr]([CH3])([CH3])[C]1=CC=CC1. The van der Waals surface area contributed by atoms with E-state index in [1.807, 2.05) is 3.28 Å². The summed E-state index contributed by atoms with van der Waals surface area (Å²) >= 11 is 4.35. The van der Waals surface area contributed by atoms with Crippen molar-refractivity contribution in [2.45, 2.75) is 66.5 Å². The number of hydrogen-bond donors (Lipinski definition) is 0. The summed E-state index contributed by atoms with van der Waals surface area (Å²) in [7, 11) is -0.458. The van der Waals surface area contributed by atoms with Gasteiger partial charge in [-0.2, -0.15) is 0 Å². The normalized spacial score (nSPS) is 20.1. The summed E-state index contributed by atoms with van der Waals surface area (Å²) in [6.45, 7) is 10.1. The van der Waals surface area contributed by atoms with Gasteiger partial charge in [-0.25, -0.2) is 0 Å². The summed E-state index contributed by atoms with van der Waals surface area (Å²) < 4.78 is 7.77. The number of unbranched alkanes of at least 4 members (excludes halogenated alkanes) is 1. The van der Waals surface area contributed by atoms with E-state index in [9.17, 15) is 0 Å². The summed E-state index contributed by atoms with van der Waals surface area (Å²) in [5.41, 5.74) is 0. The first-order valence-corrected chi connectivity index (χ1v) is 23.0. The van der Waals surface area contributed by atoms with Crippen LogP contribution in [0.25, 0.3) is 0 Å². The predicted octanol–water partition coefficient (Wildman–Crippen LogP) is 5.52. The fourth-order valence-electron chi connectivity index (χ4n) is 3.44. The molecule has 0 spiro atoms. The molecule has 0 aliphatic heterocycles. The minimum absolute atomic E-state index is 0.458. The molecular weight excluding hydrogens is 363 g/mol. The van der Waals surface area contributed by atoms with E-state index in [1.165, 1.54) is 25.3 Å². The Balaban J connectivity index is 3.15. The fraction of sp³-hybridized carbons (Fsp3) is 0.733. The Hall–Kier alpha value is 1.09. The molecule has 1 unspecified atom stereocenters. The van der Waals surface area contributed by atoms with Crippen LogP contribution in [0.3, 0.4) is 0 Å². The Labute approximate surface area is 132 Å². The van der Waals surface area contributed by atoms with E-state index in [-0.39, 0.29) is 0 Å². The van der Waals surface area contributed by atoms with E-state index in [1.54, 1.807) is 0 Å². The van der Waals surface area contributed by atoms with Gasteiger partial charge in [-0.05, 0) is 0 Å². The number of halogens is 1. The molecule has 0 nitrogen and oxygen atoms in total. The summed E-state index contributed by atoms with van der Waals surface area (Å²) in [4.78, 5) is 0. The molecule has 0 fully saturated rings. The molecule has 0 aromatic heterocycles. The molecule has 0 aromatic rings. The van der Waals surface area contributed by atoms with Crippen molar-refractivity contribution in [3.05, 3.63) is 21.5 Å². The monoisotopic (exact) mass is 392 g/mol. The Morgan fingerprint density at radius 3 is 2.47 bits per heavy atom. The van der Waals surface area contributed by atoms with Gasteiger partial charge in [0.2, 0.25) is 0 Å². The molecule has 1 aliphatic carbocycles. The van der Waals surface area contributed by atoms with Crippen molar-refractivity contribution in [3.63, 3.8) is 0 Å². The van der Waals surface area contributed by atoms with E-state index >= 15 is 0 Å². The van der Waals surface area contributed by atoms with Gasteiger partial charge in [0, 0.05) is 0 Å². The van der Waals surface area contributed by atoms with Crippen LogP contribution in [0.1, 0.15) is 40.0 Å². The Bertz CT molecular complexity index is 374. The van der Waals surface area contributed by atoms with Crippen LogP contribution in [0.4, 0.5) is 0 Å². The first-order chi connectivity index (χ1) is 8.73. The van der Waals surface area contributed by atoms with Crippen molar-refractivity contribution in [2.75, 3.05) is 0 Å². The van der Waals surface area contributed by atoms with Gasteiger partial charge in [-0.15, -0.1) is 0 Å². The van der Waals surface area contributed by atoms with Gasteiger partial charge in [-0.1, -0.05) is 0 Å². The summed E-state index contributed by atoms with van der Waals surface area (Å²) in [5, 5.41) is -1.26. The van der Waals surface area contributed by atoms with Crippen molar-refractivity contribution in [1.82, 2.24) is 0 Å². The summed E-state index contributed by atoms with van der Waals surface area (Å²) in [6, 6.07) is 1.51. The molecule has 4 heteroatoms. The van der Waals surface area contributed by atoms with Crippen molar-refractivity contribution in [3.8, 4) is 0 Å². The summed E-state index contributed by atoms with van der Waals surface area (Å²) in [5.74, 6) is 0. The zero-order valence-electron chi connectivity index (χ0n) is 13.6. The second kappa shape index (κ2) is 6.90. The van der Waals surface area contributed by atoms with E-state index in [0.717, 1.165) is 0 Å². The van der Waals surface area contributed by atoms with Gasteiger partial charge in [0.05, 0.1) is 0 Å². The van der Waals surface area contributed by atoms with Crippen LogP contribution < -0.4 is 0 Å². The fourth-order valence-corrected chi connectivity index (χ4v) is 52.4. The zero-order chi connectivity index (χ0) is 14.7. The minimum atomic E-state index is -2.19. The van der Waals surface area contributed by atoms with Gasteiger partial charge in [0.15, 0.2) is 0 Å². The van der Waals surface area contributed by atoms with Crippen molar-refractivity contribution in [2.24, 2.45) is 0 Å². The molecule has 0 saturated carbocycles. The van der Waals surface area contributed by atoms with Gasteiger partial charge < -0.3 is 0 Å². The third kappa shape index (κ3) is 3.47. The zero-order valence-corrected chi connectivity index (χ0v) is 19.3. The third-order valence-corrected chi connectivity index (χ3v) is 55.7. The van der Waals surface area contributed by atoms with Crippen LogP contribution in [-0.2, 0) is 19.4 Å². The molecule has 0 radical (unpaired) electrons. The van der Waals surface area contributed by atoms with Crippen molar-refractivity contribution < 1.29 is 19.4 Å². The van der Waals surface area contributed by atoms with Crippen LogP contribution in [0.15, 0.2) is 21.5 Å². The molecular formula is C15H31ClSi2Zr. The average molecular weight is 394 g/mol. The number of hydrogen-bond acceptors (Lipinski definition) is 0. The maximum atomic E-state index is 6.54. The molecule has 0 amide bonds. The number of allylic oxidation sites excluding steroid dienone is 4. The van der Waals surface area contributed by atoms with Crippen LogP contribution in [0, 0.1) is 0 Å². The van der Waals surface area contributed by atoms with Gasteiger partial charge in [0.25, 0.3) is 0 Å².